The molecule has 2 nitrogen and oxygen atoms in total. The minimum absolute atomic E-state index is 0.0181. The molecule has 2 unspecified atom stereocenters. The van der Waals surface area contributed by atoms with Crippen molar-refractivity contribution < 1.29 is 9.50 Å². The molecule has 0 amide bonds. The normalized spacial score (nSPS) is 20.4. The van der Waals surface area contributed by atoms with E-state index in [4.69, 9.17) is 11.6 Å². The summed E-state index contributed by atoms with van der Waals surface area (Å²) in [6, 6.07) is 8.32. The Hall–Kier alpha value is -1.74. The monoisotopic (exact) mass is 305 g/mol. The molecular formula is C17H17ClFNO. The predicted molar refractivity (Wildman–Crippen MR) is 83.6 cm³/mol. The van der Waals surface area contributed by atoms with E-state index >= 15 is 0 Å². The maximum absolute atomic E-state index is 13.5. The molecule has 0 fully saturated rings. The van der Waals surface area contributed by atoms with Crippen LogP contribution in [-0.2, 0) is 0 Å². The quantitative estimate of drug-likeness (QED) is 0.804. The zero-order valence-electron chi connectivity index (χ0n) is 12.0. The first kappa shape index (κ1) is 14.2. The molecule has 0 heterocycles. The molecule has 2 aromatic rings. The molecule has 0 aliphatic heterocycles. The number of phenolic OH excluding ortho intramolecular Hbond substituents is 1. The second kappa shape index (κ2) is 5.23. The van der Waals surface area contributed by atoms with Gasteiger partial charge in [0.05, 0.1) is 11.1 Å². The Labute approximate surface area is 128 Å². The van der Waals surface area contributed by atoms with Crippen LogP contribution in [0.2, 0.25) is 5.02 Å². The highest BCUT2D eigenvalue weighted by atomic mass is 35.5. The number of fused-ring (bicyclic) bond motifs is 1. The highest BCUT2D eigenvalue weighted by Crippen LogP contribution is 2.47. The average molecular weight is 306 g/mol. The number of aryl methyl sites for hydroxylation is 1. The molecular weight excluding hydrogens is 289 g/mol. The lowest BCUT2D eigenvalue weighted by Gasteiger charge is -2.17. The Morgan fingerprint density at radius 1 is 1.24 bits per heavy atom. The smallest absolute Gasteiger partial charge is 0.143 e. The van der Waals surface area contributed by atoms with Gasteiger partial charge in [-0.2, -0.15) is 0 Å². The van der Waals surface area contributed by atoms with Gasteiger partial charge in [0, 0.05) is 11.3 Å². The van der Waals surface area contributed by atoms with Crippen LogP contribution in [0.3, 0.4) is 0 Å². The summed E-state index contributed by atoms with van der Waals surface area (Å²) < 4.78 is 13.5. The number of benzene rings is 2. The zero-order chi connectivity index (χ0) is 15.1. The number of aromatic hydroxyl groups is 1. The van der Waals surface area contributed by atoms with E-state index < -0.39 is 5.82 Å². The molecule has 0 spiro atoms. The third-order valence-corrected chi connectivity index (χ3v) is 4.48. The lowest BCUT2D eigenvalue weighted by molar-refractivity contribution is 0.465. The van der Waals surface area contributed by atoms with Gasteiger partial charge in [-0.15, -0.1) is 0 Å². The number of phenols is 1. The maximum atomic E-state index is 13.5. The third-order valence-electron chi connectivity index (χ3n) is 4.17. The van der Waals surface area contributed by atoms with E-state index in [1.54, 1.807) is 12.1 Å². The van der Waals surface area contributed by atoms with Crippen molar-refractivity contribution in [3.8, 4) is 5.75 Å². The number of halogens is 2. The first-order valence-corrected chi connectivity index (χ1v) is 7.39. The van der Waals surface area contributed by atoms with Gasteiger partial charge in [-0.3, -0.25) is 0 Å². The summed E-state index contributed by atoms with van der Waals surface area (Å²) in [5.74, 6) is 0.218. The second-order valence-corrected chi connectivity index (χ2v) is 6.10. The van der Waals surface area contributed by atoms with E-state index in [0.717, 1.165) is 12.0 Å². The van der Waals surface area contributed by atoms with Crippen LogP contribution in [0.25, 0.3) is 0 Å². The summed E-state index contributed by atoms with van der Waals surface area (Å²) in [5, 5.41) is 13.6. The zero-order valence-corrected chi connectivity index (χ0v) is 12.7. The molecule has 1 aliphatic rings. The summed E-state index contributed by atoms with van der Waals surface area (Å²) in [6.07, 6.45) is 0.873. The van der Waals surface area contributed by atoms with Crippen molar-refractivity contribution >= 4 is 17.3 Å². The minimum Gasteiger partial charge on any atom is -0.508 e. The average Bonchev–Trinajstić information content (AvgIpc) is 2.76. The Bertz CT molecular complexity index is 701. The van der Waals surface area contributed by atoms with Gasteiger partial charge in [0.25, 0.3) is 0 Å². The van der Waals surface area contributed by atoms with Gasteiger partial charge < -0.3 is 10.4 Å². The van der Waals surface area contributed by atoms with E-state index in [1.165, 1.54) is 23.3 Å². The maximum Gasteiger partial charge on any atom is 0.143 e. The summed E-state index contributed by atoms with van der Waals surface area (Å²) in [7, 11) is 0. The molecule has 2 atom stereocenters. The summed E-state index contributed by atoms with van der Waals surface area (Å²) >= 11 is 5.70. The molecule has 1 aliphatic carbocycles. The Balaban J connectivity index is 1.96. The first-order chi connectivity index (χ1) is 9.97. The fourth-order valence-corrected chi connectivity index (χ4v) is 3.38. The lowest BCUT2D eigenvalue weighted by atomic mass is 9.97. The molecule has 2 N–H and O–H groups in total. The first-order valence-electron chi connectivity index (χ1n) is 7.01. The van der Waals surface area contributed by atoms with Crippen molar-refractivity contribution in [3.05, 3.63) is 57.9 Å². The molecule has 110 valence electrons. The van der Waals surface area contributed by atoms with Crippen molar-refractivity contribution in [2.75, 3.05) is 5.32 Å². The van der Waals surface area contributed by atoms with Crippen LogP contribution in [0.15, 0.2) is 30.3 Å². The summed E-state index contributed by atoms with van der Waals surface area (Å²) in [4.78, 5) is 0. The molecule has 0 radical (unpaired) electrons. The highest BCUT2D eigenvalue weighted by molar-refractivity contribution is 6.30. The molecule has 0 bridgehead atoms. The van der Waals surface area contributed by atoms with Crippen LogP contribution in [0, 0.1) is 12.7 Å². The van der Waals surface area contributed by atoms with E-state index in [9.17, 15) is 9.50 Å². The van der Waals surface area contributed by atoms with E-state index in [-0.39, 0.29) is 11.1 Å². The molecule has 4 heteroatoms. The molecule has 2 aromatic carbocycles. The van der Waals surface area contributed by atoms with Gasteiger partial charge in [-0.25, -0.2) is 4.39 Å². The van der Waals surface area contributed by atoms with E-state index in [2.05, 4.69) is 19.2 Å². The number of anilines is 1. The standard InChI is InChI=1S/C17H17ClFNO/c1-9-3-6-15(21)17-14(7-10(2)16(9)17)20-11-4-5-12(18)13(19)8-11/h3-6,8,10,14,20-21H,7H2,1-2H3. The van der Waals surface area contributed by atoms with E-state index in [0.29, 0.717) is 17.4 Å². The van der Waals surface area contributed by atoms with Gasteiger partial charge in [0.2, 0.25) is 0 Å². The van der Waals surface area contributed by atoms with Crippen molar-refractivity contribution in [2.24, 2.45) is 0 Å². The molecule has 0 saturated heterocycles. The lowest BCUT2D eigenvalue weighted by Crippen LogP contribution is -2.08. The Morgan fingerprint density at radius 3 is 2.71 bits per heavy atom. The van der Waals surface area contributed by atoms with Crippen LogP contribution in [0.5, 0.6) is 5.75 Å². The molecule has 3 rings (SSSR count). The fraction of sp³-hybridized carbons (Fsp3) is 0.294. The van der Waals surface area contributed by atoms with Gasteiger partial charge in [-0.05, 0) is 54.7 Å². The Kier molecular flexibility index (Phi) is 3.54. The predicted octanol–water partition coefficient (Wildman–Crippen LogP) is 5.15. The number of rotatable bonds is 2. The summed E-state index contributed by atoms with van der Waals surface area (Å²) in [6.45, 7) is 4.20. The Morgan fingerprint density at radius 2 is 2.00 bits per heavy atom. The fourth-order valence-electron chi connectivity index (χ4n) is 3.26. The van der Waals surface area contributed by atoms with Crippen LogP contribution in [0.1, 0.15) is 42.0 Å². The highest BCUT2D eigenvalue weighted by Gasteiger charge is 2.32. The number of nitrogens with one attached hydrogen (secondary N) is 1. The molecule has 0 saturated carbocycles. The van der Waals surface area contributed by atoms with Crippen molar-refractivity contribution in [2.45, 2.75) is 32.2 Å². The van der Waals surface area contributed by atoms with Crippen LogP contribution < -0.4 is 5.32 Å². The second-order valence-electron chi connectivity index (χ2n) is 5.69. The van der Waals surface area contributed by atoms with Crippen molar-refractivity contribution in [1.82, 2.24) is 0 Å². The van der Waals surface area contributed by atoms with Gasteiger partial charge in [0.1, 0.15) is 11.6 Å². The summed E-state index contributed by atoms with van der Waals surface area (Å²) in [5.41, 5.74) is 3.98. The van der Waals surface area contributed by atoms with Crippen LogP contribution in [-0.4, -0.2) is 5.11 Å². The van der Waals surface area contributed by atoms with Gasteiger partial charge in [-0.1, -0.05) is 24.6 Å². The molecule has 0 aromatic heterocycles. The SMILES string of the molecule is Cc1ccc(O)c2c1C(C)CC2Nc1ccc(Cl)c(F)c1. The van der Waals surface area contributed by atoms with Crippen molar-refractivity contribution in [1.29, 1.82) is 0 Å². The van der Waals surface area contributed by atoms with Gasteiger partial charge in [0.15, 0.2) is 0 Å². The topological polar surface area (TPSA) is 32.3 Å². The minimum atomic E-state index is -0.443. The van der Waals surface area contributed by atoms with Gasteiger partial charge >= 0.3 is 0 Å². The van der Waals surface area contributed by atoms with Crippen LogP contribution in [0.4, 0.5) is 10.1 Å². The number of hydrogen-bond acceptors (Lipinski definition) is 2. The molecule has 21 heavy (non-hydrogen) atoms. The van der Waals surface area contributed by atoms with E-state index in [1.807, 2.05) is 6.07 Å². The third kappa shape index (κ3) is 2.46. The largest absolute Gasteiger partial charge is 0.508 e. The number of hydrogen-bond donors (Lipinski definition) is 2. The van der Waals surface area contributed by atoms with Crippen molar-refractivity contribution in [3.63, 3.8) is 0 Å². The van der Waals surface area contributed by atoms with Crippen LogP contribution >= 0.6 is 11.6 Å².